The third-order valence-electron chi connectivity index (χ3n) is 2.72. The molecule has 1 aromatic heterocycles. The van der Waals surface area contributed by atoms with E-state index in [-0.39, 0.29) is 10.5 Å². The van der Waals surface area contributed by atoms with E-state index in [0.717, 1.165) is 0 Å². The molecule has 0 atom stereocenters. The van der Waals surface area contributed by atoms with Crippen LogP contribution in [0.3, 0.4) is 0 Å². The first-order valence-corrected chi connectivity index (χ1v) is 7.13. The zero-order chi connectivity index (χ0) is 14.0. The zero-order valence-electron chi connectivity index (χ0n) is 10.6. The fourth-order valence-electron chi connectivity index (χ4n) is 1.72. The molecule has 5 nitrogen and oxygen atoms in total. The number of hydrogen-bond acceptors (Lipinski definition) is 3. The van der Waals surface area contributed by atoms with E-state index < -0.39 is 10.0 Å². The summed E-state index contributed by atoms with van der Waals surface area (Å²) in [7, 11) is -2.08. The van der Waals surface area contributed by atoms with E-state index in [0.29, 0.717) is 11.3 Å². The van der Waals surface area contributed by atoms with Gasteiger partial charge >= 0.3 is 0 Å². The van der Waals surface area contributed by atoms with Crippen molar-refractivity contribution in [2.45, 2.75) is 11.8 Å². The second-order valence-electron chi connectivity index (χ2n) is 4.24. The van der Waals surface area contributed by atoms with Gasteiger partial charge in [-0.25, -0.2) is 8.42 Å². The van der Waals surface area contributed by atoms with Crippen LogP contribution in [-0.2, 0) is 17.1 Å². The van der Waals surface area contributed by atoms with Crippen LogP contribution >= 0.6 is 0 Å². The minimum absolute atomic E-state index is 0.196. The largest absolute Gasteiger partial charge is 0.316 e. The van der Waals surface area contributed by atoms with Gasteiger partial charge in [0, 0.05) is 19.3 Å². The van der Waals surface area contributed by atoms with E-state index in [1.54, 1.807) is 38.2 Å². The highest BCUT2D eigenvalue weighted by molar-refractivity contribution is 7.92. The number of nitrogens with one attached hydrogen (secondary N) is 1. The second-order valence-corrected chi connectivity index (χ2v) is 5.89. The van der Waals surface area contributed by atoms with Crippen molar-refractivity contribution in [3.8, 4) is 0 Å². The topological polar surface area (TPSA) is 68.2 Å². The fraction of sp³-hybridized carbons (Fsp3) is 0.154. The highest BCUT2D eigenvalue weighted by atomic mass is 32.2. The van der Waals surface area contributed by atoms with Gasteiger partial charge in [0.05, 0.1) is 10.6 Å². The molecule has 1 heterocycles. The molecule has 0 fully saturated rings. The molecule has 0 bridgehead atoms. The van der Waals surface area contributed by atoms with Crippen molar-refractivity contribution >= 4 is 15.7 Å². The molecule has 0 saturated heterocycles. The Morgan fingerprint density at radius 2 is 1.79 bits per heavy atom. The van der Waals surface area contributed by atoms with E-state index in [2.05, 4.69) is 4.72 Å². The van der Waals surface area contributed by atoms with Crippen LogP contribution in [0.4, 0.5) is 5.69 Å². The van der Waals surface area contributed by atoms with Crippen molar-refractivity contribution in [2.75, 3.05) is 4.72 Å². The molecule has 0 aliphatic heterocycles. The number of aryl methyl sites for hydroxylation is 2. The summed E-state index contributed by atoms with van der Waals surface area (Å²) in [6.45, 7) is 1.73. The zero-order valence-corrected chi connectivity index (χ0v) is 11.4. The molecule has 0 spiro atoms. The first-order valence-electron chi connectivity index (χ1n) is 5.65. The quantitative estimate of drug-likeness (QED) is 0.925. The van der Waals surface area contributed by atoms with Gasteiger partial charge in [-0.15, -0.1) is 0 Å². The molecule has 0 radical (unpaired) electrons. The molecule has 0 unspecified atom stereocenters. The Hall–Kier alpha value is -2.08. The lowest BCUT2D eigenvalue weighted by Crippen LogP contribution is -2.18. The molecule has 100 valence electrons. The lowest BCUT2D eigenvalue weighted by Gasteiger charge is -2.10. The standard InChI is InChI=1S/C13H14N2O3S/c1-10-5-3-4-6-12(10)19(17,18)14-11-7-8-13(16)15(2)9-11/h3-9,14H,1-2H3. The van der Waals surface area contributed by atoms with Crippen molar-refractivity contribution in [2.24, 2.45) is 7.05 Å². The van der Waals surface area contributed by atoms with Crippen LogP contribution in [0.2, 0.25) is 0 Å². The molecule has 1 N–H and O–H groups in total. The average Bonchev–Trinajstić information content (AvgIpc) is 2.34. The Kier molecular flexibility index (Phi) is 3.44. The maximum atomic E-state index is 12.2. The van der Waals surface area contributed by atoms with Crippen molar-refractivity contribution < 1.29 is 8.42 Å². The Balaban J connectivity index is 2.39. The normalized spacial score (nSPS) is 11.3. The van der Waals surface area contributed by atoms with Gasteiger partial charge in [-0.2, -0.15) is 0 Å². The van der Waals surface area contributed by atoms with Crippen molar-refractivity contribution in [1.82, 2.24) is 4.57 Å². The van der Waals surface area contributed by atoms with Gasteiger partial charge in [-0.05, 0) is 24.6 Å². The first-order chi connectivity index (χ1) is 8.90. The Labute approximate surface area is 111 Å². The summed E-state index contributed by atoms with van der Waals surface area (Å²) in [6.07, 6.45) is 1.44. The first kappa shape index (κ1) is 13.4. The predicted octanol–water partition coefficient (Wildman–Crippen LogP) is 1.49. The smallest absolute Gasteiger partial charge is 0.262 e. The van der Waals surface area contributed by atoms with Gasteiger partial charge in [-0.3, -0.25) is 9.52 Å². The van der Waals surface area contributed by atoms with Crippen LogP contribution in [0, 0.1) is 6.92 Å². The molecule has 2 rings (SSSR count). The molecule has 0 amide bonds. The van der Waals surface area contributed by atoms with E-state index in [1.807, 2.05) is 0 Å². The summed E-state index contributed by atoms with van der Waals surface area (Å²) in [5, 5.41) is 0. The summed E-state index contributed by atoms with van der Waals surface area (Å²) < 4.78 is 28.2. The van der Waals surface area contributed by atoms with Crippen molar-refractivity contribution in [1.29, 1.82) is 0 Å². The van der Waals surface area contributed by atoms with Crippen LogP contribution in [0.15, 0.2) is 52.3 Å². The Bertz CT molecular complexity index is 763. The summed E-state index contributed by atoms with van der Waals surface area (Å²) in [5.41, 5.74) is 0.823. The lowest BCUT2D eigenvalue weighted by atomic mass is 10.2. The summed E-state index contributed by atoms with van der Waals surface area (Å²) >= 11 is 0. The van der Waals surface area contributed by atoms with Gasteiger partial charge in [0.15, 0.2) is 0 Å². The second kappa shape index (κ2) is 4.89. The molecule has 19 heavy (non-hydrogen) atoms. The highest BCUT2D eigenvalue weighted by Crippen LogP contribution is 2.17. The number of sulfonamides is 1. The number of pyridine rings is 1. The molecule has 0 aliphatic rings. The lowest BCUT2D eigenvalue weighted by molar-refractivity contribution is 0.600. The van der Waals surface area contributed by atoms with Gasteiger partial charge in [0.1, 0.15) is 0 Å². The number of benzene rings is 1. The van der Waals surface area contributed by atoms with E-state index >= 15 is 0 Å². The minimum Gasteiger partial charge on any atom is -0.316 e. The maximum absolute atomic E-state index is 12.2. The maximum Gasteiger partial charge on any atom is 0.262 e. The van der Waals surface area contributed by atoms with Crippen molar-refractivity contribution in [3.05, 3.63) is 58.5 Å². The van der Waals surface area contributed by atoms with Gasteiger partial charge in [0.2, 0.25) is 5.56 Å². The molecule has 0 aliphatic carbocycles. The molecule has 2 aromatic rings. The third-order valence-corrected chi connectivity index (χ3v) is 4.26. The van der Waals surface area contributed by atoms with Crippen LogP contribution in [0.25, 0.3) is 0 Å². The van der Waals surface area contributed by atoms with Gasteiger partial charge < -0.3 is 4.57 Å². The highest BCUT2D eigenvalue weighted by Gasteiger charge is 2.16. The number of hydrogen-bond donors (Lipinski definition) is 1. The summed E-state index contributed by atoms with van der Waals surface area (Å²) in [4.78, 5) is 11.5. The summed E-state index contributed by atoms with van der Waals surface area (Å²) in [5.74, 6) is 0. The van der Waals surface area contributed by atoms with Crippen molar-refractivity contribution in [3.63, 3.8) is 0 Å². The fourth-order valence-corrected chi connectivity index (χ4v) is 3.01. The van der Waals surface area contributed by atoms with Crippen LogP contribution in [0.5, 0.6) is 0 Å². The minimum atomic E-state index is -3.64. The SMILES string of the molecule is Cc1ccccc1S(=O)(=O)Nc1ccc(=O)n(C)c1. The molecular weight excluding hydrogens is 264 g/mol. The number of aromatic nitrogens is 1. The molecule has 0 saturated carbocycles. The molecular formula is C13H14N2O3S. The van der Waals surface area contributed by atoms with E-state index in [4.69, 9.17) is 0 Å². The summed E-state index contributed by atoms with van der Waals surface area (Å²) in [6, 6.07) is 9.48. The average molecular weight is 278 g/mol. The Morgan fingerprint density at radius 3 is 2.42 bits per heavy atom. The third kappa shape index (κ3) is 2.85. The Morgan fingerprint density at radius 1 is 1.11 bits per heavy atom. The van der Waals surface area contributed by atoms with E-state index in [9.17, 15) is 13.2 Å². The van der Waals surface area contributed by atoms with Crippen LogP contribution < -0.4 is 10.3 Å². The van der Waals surface area contributed by atoms with Crippen LogP contribution in [-0.4, -0.2) is 13.0 Å². The van der Waals surface area contributed by atoms with E-state index in [1.165, 1.54) is 22.9 Å². The molecule has 1 aromatic carbocycles. The van der Waals surface area contributed by atoms with Crippen LogP contribution in [0.1, 0.15) is 5.56 Å². The van der Waals surface area contributed by atoms with Gasteiger partial charge in [0.25, 0.3) is 10.0 Å². The number of rotatable bonds is 3. The number of nitrogens with zero attached hydrogens (tertiary/aromatic N) is 1. The molecule has 6 heteroatoms. The monoisotopic (exact) mass is 278 g/mol. The number of anilines is 1. The predicted molar refractivity (Wildman–Crippen MR) is 73.7 cm³/mol. The van der Waals surface area contributed by atoms with Gasteiger partial charge in [-0.1, -0.05) is 18.2 Å².